The molecule has 0 aliphatic rings. The number of aryl methyl sites for hydroxylation is 1. The fourth-order valence-electron chi connectivity index (χ4n) is 1.38. The highest BCUT2D eigenvalue weighted by Gasteiger charge is 2.14. The van der Waals surface area contributed by atoms with Gasteiger partial charge in [-0.25, -0.2) is 4.98 Å². The summed E-state index contributed by atoms with van der Waals surface area (Å²) < 4.78 is 0. The largest absolute Gasteiger partial charge is 0.505 e. The number of aromatic amines is 1. The van der Waals surface area contributed by atoms with Crippen molar-refractivity contribution >= 4 is 34.8 Å². The zero-order valence-corrected chi connectivity index (χ0v) is 11.4. The van der Waals surface area contributed by atoms with E-state index in [0.29, 0.717) is 17.9 Å². The number of hydrogen-bond donors (Lipinski definition) is 3. The molecule has 3 N–H and O–H groups in total. The molecular weight excluding hydrogens is 291 g/mol. The molecule has 0 aliphatic heterocycles. The van der Waals surface area contributed by atoms with Gasteiger partial charge in [-0.2, -0.15) is 0 Å². The number of anilines is 1. The highest BCUT2D eigenvalue weighted by atomic mass is 35.5. The van der Waals surface area contributed by atoms with Crippen LogP contribution in [0.25, 0.3) is 0 Å². The van der Waals surface area contributed by atoms with E-state index in [0.717, 1.165) is 0 Å². The van der Waals surface area contributed by atoms with E-state index in [1.807, 2.05) is 6.92 Å². The lowest BCUT2D eigenvalue weighted by Gasteiger charge is -2.06. The van der Waals surface area contributed by atoms with Gasteiger partial charge in [0.25, 0.3) is 5.91 Å². The molecule has 0 atom stereocenters. The van der Waals surface area contributed by atoms with Gasteiger partial charge in [-0.3, -0.25) is 9.89 Å². The lowest BCUT2D eigenvalue weighted by atomic mass is 10.3. The fourth-order valence-corrected chi connectivity index (χ4v) is 1.87. The molecule has 8 heteroatoms. The molecule has 100 valence electrons. The summed E-state index contributed by atoms with van der Waals surface area (Å²) in [5.74, 6) is -0.0784. The molecule has 1 aromatic heterocycles. The molecule has 0 fully saturated rings. The number of halogens is 2. The van der Waals surface area contributed by atoms with Crippen molar-refractivity contribution in [3.8, 4) is 5.75 Å². The molecule has 1 amide bonds. The van der Waals surface area contributed by atoms with Crippen molar-refractivity contribution in [2.75, 3.05) is 5.32 Å². The first-order valence-corrected chi connectivity index (χ1v) is 6.17. The number of rotatable bonds is 3. The summed E-state index contributed by atoms with van der Waals surface area (Å²) in [6.07, 6.45) is 0.650. The summed E-state index contributed by atoms with van der Waals surface area (Å²) >= 11 is 11.5. The maximum absolute atomic E-state index is 11.8. The first-order chi connectivity index (χ1) is 9.01. The zero-order valence-electron chi connectivity index (χ0n) is 9.87. The summed E-state index contributed by atoms with van der Waals surface area (Å²) in [4.78, 5) is 15.8. The van der Waals surface area contributed by atoms with Crippen LogP contribution in [0.3, 0.4) is 0 Å². The van der Waals surface area contributed by atoms with Crippen molar-refractivity contribution in [1.82, 2.24) is 15.2 Å². The van der Waals surface area contributed by atoms with E-state index < -0.39 is 5.91 Å². The number of aromatic hydroxyl groups is 1. The topological polar surface area (TPSA) is 90.9 Å². The molecule has 2 aromatic rings. The predicted molar refractivity (Wildman–Crippen MR) is 71.8 cm³/mol. The summed E-state index contributed by atoms with van der Waals surface area (Å²) in [6, 6.07) is 2.77. The van der Waals surface area contributed by atoms with E-state index >= 15 is 0 Å². The third kappa shape index (κ3) is 2.97. The smallest absolute Gasteiger partial charge is 0.295 e. The lowest BCUT2D eigenvalue weighted by Crippen LogP contribution is -2.13. The number of phenolic OH excluding ortho intramolecular Hbond substituents is 1. The van der Waals surface area contributed by atoms with Crippen LogP contribution < -0.4 is 5.32 Å². The molecule has 2 rings (SSSR count). The maximum atomic E-state index is 11.8. The number of benzene rings is 1. The molecule has 1 aromatic carbocycles. The Morgan fingerprint density at radius 1 is 1.42 bits per heavy atom. The van der Waals surface area contributed by atoms with Crippen molar-refractivity contribution < 1.29 is 9.90 Å². The number of carbonyl (C=O) groups excluding carboxylic acids is 1. The average molecular weight is 301 g/mol. The molecule has 0 saturated carbocycles. The second-order valence-electron chi connectivity index (χ2n) is 3.70. The first-order valence-electron chi connectivity index (χ1n) is 5.42. The van der Waals surface area contributed by atoms with Gasteiger partial charge in [0.1, 0.15) is 5.82 Å². The Hall–Kier alpha value is -1.79. The average Bonchev–Trinajstić information content (AvgIpc) is 2.84. The highest BCUT2D eigenvalue weighted by Crippen LogP contribution is 2.34. The number of aromatic nitrogens is 3. The minimum absolute atomic E-state index is 0.0252. The molecule has 1 heterocycles. The molecule has 0 spiro atoms. The van der Waals surface area contributed by atoms with Crippen LogP contribution in [0.2, 0.25) is 10.0 Å². The second-order valence-corrected chi connectivity index (χ2v) is 4.52. The van der Waals surface area contributed by atoms with Crippen LogP contribution in [0.15, 0.2) is 12.1 Å². The Kier molecular flexibility index (Phi) is 3.92. The van der Waals surface area contributed by atoms with Gasteiger partial charge in [0, 0.05) is 12.1 Å². The van der Waals surface area contributed by atoms with Crippen molar-refractivity contribution in [3.63, 3.8) is 0 Å². The molecule has 0 radical (unpaired) electrons. The Labute approximate surface area is 118 Å². The summed E-state index contributed by atoms with van der Waals surface area (Å²) in [6.45, 7) is 1.89. The van der Waals surface area contributed by atoms with Crippen LogP contribution in [0.1, 0.15) is 23.4 Å². The number of carbonyl (C=O) groups is 1. The standard InChI is InChI=1S/C11H10Cl2N4O2/c1-2-8-15-10(17-16-8)11(19)14-5-3-6(12)9(18)7(13)4-5/h3-4,18H,2H2,1H3,(H,14,19)(H,15,16,17). The minimum Gasteiger partial charge on any atom is -0.505 e. The van der Waals surface area contributed by atoms with Crippen molar-refractivity contribution in [1.29, 1.82) is 0 Å². The van der Waals surface area contributed by atoms with E-state index in [1.165, 1.54) is 12.1 Å². The van der Waals surface area contributed by atoms with Crippen molar-refractivity contribution in [2.45, 2.75) is 13.3 Å². The summed E-state index contributed by atoms with van der Waals surface area (Å²) in [5, 5.41) is 18.5. The fraction of sp³-hybridized carbons (Fsp3) is 0.182. The van der Waals surface area contributed by atoms with E-state index in [9.17, 15) is 9.90 Å². The molecule has 19 heavy (non-hydrogen) atoms. The van der Waals surface area contributed by atoms with Gasteiger partial charge in [0.05, 0.1) is 10.0 Å². The number of nitrogens with zero attached hydrogens (tertiary/aromatic N) is 2. The Balaban J connectivity index is 2.19. The van der Waals surface area contributed by atoms with Crippen LogP contribution in [-0.2, 0) is 6.42 Å². The van der Waals surface area contributed by atoms with Crippen molar-refractivity contribution in [3.05, 3.63) is 33.8 Å². The molecule has 6 nitrogen and oxygen atoms in total. The third-order valence-corrected chi connectivity index (χ3v) is 2.92. The Morgan fingerprint density at radius 2 is 2.05 bits per heavy atom. The zero-order chi connectivity index (χ0) is 14.0. The minimum atomic E-state index is -0.492. The van der Waals surface area contributed by atoms with E-state index in [-0.39, 0.29) is 21.6 Å². The predicted octanol–water partition coefficient (Wildman–Crippen LogP) is 2.63. The number of H-pyrrole nitrogens is 1. The van der Waals surface area contributed by atoms with Crippen LogP contribution in [0, 0.1) is 0 Å². The Bertz CT molecular complexity index is 604. The van der Waals surface area contributed by atoms with Crippen LogP contribution >= 0.6 is 23.2 Å². The van der Waals surface area contributed by atoms with Crippen molar-refractivity contribution in [2.24, 2.45) is 0 Å². The van der Waals surface area contributed by atoms with Gasteiger partial charge in [-0.15, -0.1) is 5.10 Å². The molecular formula is C11H10Cl2N4O2. The van der Waals surface area contributed by atoms with E-state index in [1.54, 1.807) is 0 Å². The SMILES string of the molecule is CCc1nc(C(=O)Nc2cc(Cl)c(O)c(Cl)c2)n[nH]1. The van der Waals surface area contributed by atoms with Crippen LogP contribution in [-0.4, -0.2) is 26.2 Å². The monoisotopic (exact) mass is 300 g/mol. The van der Waals surface area contributed by atoms with E-state index in [4.69, 9.17) is 23.2 Å². The molecule has 0 unspecified atom stereocenters. The van der Waals surface area contributed by atoms with Crippen LogP contribution in [0.4, 0.5) is 5.69 Å². The van der Waals surface area contributed by atoms with Gasteiger partial charge in [0.2, 0.25) is 5.82 Å². The number of nitrogens with one attached hydrogen (secondary N) is 2. The number of amides is 1. The third-order valence-electron chi connectivity index (χ3n) is 2.34. The Morgan fingerprint density at radius 3 is 2.58 bits per heavy atom. The summed E-state index contributed by atoms with van der Waals surface area (Å²) in [5.41, 5.74) is 0.348. The molecule has 0 aliphatic carbocycles. The van der Waals surface area contributed by atoms with Gasteiger partial charge in [-0.1, -0.05) is 30.1 Å². The van der Waals surface area contributed by atoms with Gasteiger partial charge >= 0.3 is 0 Å². The summed E-state index contributed by atoms with van der Waals surface area (Å²) in [7, 11) is 0. The lowest BCUT2D eigenvalue weighted by molar-refractivity contribution is 0.101. The van der Waals surface area contributed by atoms with Crippen LogP contribution in [0.5, 0.6) is 5.75 Å². The van der Waals surface area contributed by atoms with E-state index in [2.05, 4.69) is 20.5 Å². The molecule has 0 saturated heterocycles. The maximum Gasteiger partial charge on any atom is 0.295 e. The second kappa shape index (κ2) is 5.46. The number of phenols is 1. The van der Waals surface area contributed by atoms with Gasteiger partial charge in [-0.05, 0) is 12.1 Å². The quantitative estimate of drug-likeness (QED) is 0.760. The first kappa shape index (κ1) is 13.6. The normalized spacial score (nSPS) is 10.5. The van der Waals surface area contributed by atoms with Gasteiger partial charge < -0.3 is 10.4 Å². The molecule has 0 bridgehead atoms. The number of hydrogen-bond acceptors (Lipinski definition) is 4. The van der Waals surface area contributed by atoms with Gasteiger partial charge in [0.15, 0.2) is 5.75 Å². The highest BCUT2D eigenvalue weighted by molar-refractivity contribution is 6.37.